The molecular formula is C14H15N3O3. The van der Waals surface area contributed by atoms with Crippen LogP contribution in [0, 0.1) is 13.8 Å². The number of benzene rings is 1. The number of ether oxygens (including phenoxy) is 3. The van der Waals surface area contributed by atoms with Gasteiger partial charge in [-0.25, -0.2) is 4.98 Å². The lowest BCUT2D eigenvalue weighted by molar-refractivity contribution is 0.174. The van der Waals surface area contributed by atoms with Gasteiger partial charge in [-0.05, 0) is 26.0 Å². The van der Waals surface area contributed by atoms with Crippen molar-refractivity contribution >= 4 is 5.82 Å². The summed E-state index contributed by atoms with van der Waals surface area (Å²) in [6.07, 6.45) is 0. The van der Waals surface area contributed by atoms with Crippen molar-refractivity contribution in [3.05, 3.63) is 29.6 Å². The number of anilines is 1. The molecule has 1 aliphatic rings. The van der Waals surface area contributed by atoms with Crippen molar-refractivity contribution in [2.24, 2.45) is 0 Å². The van der Waals surface area contributed by atoms with E-state index in [2.05, 4.69) is 15.3 Å². The van der Waals surface area contributed by atoms with E-state index in [1.165, 1.54) is 0 Å². The van der Waals surface area contributed by atoms with Crippen LogP contribution in [0.4, 0.5) is 5.82 Å². The summed E-state index contributed by atoms with van der Waals surface area (Å²) < 4.78 is 16.4. The first-order valence-electron chi connectivity index (χ1n) is 6.28. The molecule has 0 fully saturated rings. The van der Waals surface area contributed by atoms with Crippen molar-refractivity contribution in [3.8, 4) is 23.1 Å². The van der Waals surface area contributed by atoms with Crippen molar-refractivity contribution in [3.63, 3.8) is 0 Å². The van der Waals surface area contributed by atoms with Crippen LogP contribution in [0.3, 0.4) is 0 Å². The monoisotopic (exact) mass is 273 g/mol. The van der Waals surface area contributed by atoms with Gasteiger partial charge >= 0.3 is 0 Å². The predicted octanol–water partition coefficient (Wildman–Crippen LogP) is 2.66. The fourth-order valence-electron chi connectivity index (χ4n) is 2.00. The maximum atomic E-state index is 5.83. The average molecular weight is 273 g/mol. The SMILES string of the molecule is CNc1nc(C)nc(Oc2ccc3c(c2)OCO3)c1C. The van der Waals surface area contributed by atoms with Crippen molar-refractivity contribution in [1.82, 2.24) is 9.97 Å². The average Bonchev–Trinajstić information content (AvgIpc) is 2.90. The molecule has 3 rings (SSSR count). The molecule has 20 heavy (non-hydrogen) atoms. The molecule has 0 aliphatic carbocycles. The van der Waals surface area contributed by atoms with Crippen molar-refractivity contribution < 1.29 is 14.2 Å². The summed E-state index contributed by atoms with van der Waals surface area (Å²) in [4.78, 5) is 8.63. The maximum absolute atomic E-state index is 5.83. The lowest BCUT2D eigenvalue weighted by Gasteiger charge is -2.11. The zero-order chi connectivity index (χ0) is 14.1. The van der Waals surface area contributed by atoms with Crippen LogP contribution >= 0.6 is 0 Å². The molecule has 0 bridgehead atoms. The second-order valence-electron chi connectivity index (χ2n) is 4.42. The maximum Gasteiger partial charge on any atom is 0.231 e. The third-order valence-electron chi connectivity index (χ3n) is 3.01. The Hall–Kier alpha value is -2.50. The van der Waals surface area contributed by atoms with Crippen LogP contribution in [0.15, 0.2) is 18.2 Å². The van der Waals surface area contributed by atoms with Gasteiger partial charge in [-0.15, -0.1) is 0 Å². The topological polar surface area (TPSA) is 65.5 Å². The Bertz CT molecular complexity index is 658. The number of aryl methyl sites for hydroxylation is 1. The fourth-order valence-corrected chi connectivity index (χ4v) is 2.00. The molecular weight excluding hydrogens is 258 g/mol. The van der Waals surface area contributed by atoms with E-state index in [1.54, 1.807) is 6.07 Å². The molecule has 6 nitrogen and oxygen atoms in total. The van der Waals surface area contributed by atoms with Crippen LogP contribution in [0.1, 0.15) is 11.4 Å². The molecule has 104 valence electrons. The summed E-state index contributed by atoms with van der Waals surface area (Å²) >= 11 is 0. The molecule has 1 aromatic heterocycles. The van der Waals surface area contributed by atoms with Gasteiger partial charge < -0.3 is 19.5 Å². The van der Waals surface area contributed by atoms with Crippen LogP contribution in [-0.4, -0.2) is 23.8 Å². The summed E-state index contributed by atoms with van der Waals surface area (Å²) in [5.74, 6) is 3.99. The van der Waals surface area contributed by atoms with Gasteiger partial charge in [-0.1, -0.05) is 0 Å². The largest absolute Gasteiger partial charge is 0.454 e. The first-order chi connectivity index (χ1) is 9.67. The summed E-state index contributed by atoms with van der Waals surface area (Å²) in [6.45, 7) is 3.98. The normalized spacial score (nSPS) is 12.3. The molecule has 0 amide bonds. The third kappa shape index (κ3) is 2.20. The number of hydrogen-bond donors (Lipinski definition) is 1. The molecule has 1 N–H and O–H groups in total. The number of fused-ring (bicyclic) bond motifs is 1. The van der Waals surface area contributed by atoms with Crippen LogP contribution < -0.4 is 19.5 Å². The molecule has 0 unspecified atom stereocenters. The van der Waals surface area contributed by atoms with Gasteiger partial charge in [0.05, 0.1) is 5.56 Å². The van der Waals surface area contributed by atoms with Gasteiger partial charge in [-0.3, -0.25) is 0 Å². The quantitative estimate of drug-likeness (QED) is 0.927. The van der Waals surface area contributed by atoms with E-state index in [0.717, 1.165) is 17.1 Å². The smallest absolute Gasteiger partial charge is 0.231 e. The summed E-state index contributed by atoms with van der Waals surface area (Å²) in [6, 6.07) is 5.43. The molecule has 0 atom stereocenters. The molecule has 1 aliphatic heterocycles. The Kier molecular flexibility index (Phi) is 3.06. The van der Waals surface area contributed by atoms with E-state index in [9.17, 15) is 0 Å². The Morgan fingerprint density at radius 2 is 1.95 bits per heavy atom. The molecule has 0 radical (unpaired) electrons. The highest BCUT2D eigenvalue weighted by atomic mass is 16.7. The minimum atomic E-state index is 0.244. The molecule has 2 aromatic rings. The second-order valence-corrected chi connectivity index (χ2v) is 4.42. The number of nitrogens with zero attached hydrogens (tertiary/aromatic N) is 2. The fraction of sp³-hybridized carbons (Fsp3) is 0.286. The van der Waals surface area contributed by atoms with E-state index < -0.39 is 0 Å². The van der Waals surface area contributed by atoms with E-state index in [4.69, 9.17) is 14.2 Å². The zero-order valence-electron chi connectivity index (χ0n) is 11.6. The number of hydrogen-bond acceptors (Lipinski definition) is 6. The lowest BCUT2D eigenvalue weighted by atomic mass is 10.3. The minimum absolute atomic E-state index is 0.244. The summed E-state index contributed by atoms with van der Waals surface area (Å²) in [5, 5.41) is 3.03. The molecule has 6 heteroatoms. The zero-order valence-corrected chi connectivity index (χ0v) is 11.6. The molecule has 1 aromatic carbocycles. The highest BCUT2D eigenvalue weighted by Gasteiger charge is 2.16. The van der Waals surface area contributed by atoms with Gasteiger partial charge in [0.15, 0.2) is 11.5 Å². The lowest BCUT2D eigenvalue weighted by Crippen LogP contribution is -2.02. The Morgan fingerprint density at radius 3 is 2.75 bits per heavy atom. The highest BCUT2D eigenvalue weighted by molar-refractivity contribution is 5.51. The van der Waals surface area contributed by atoms with E-state index >= 15 is 0 Å². The van der Waals surface area contributed by atoms with Crippen LogP contribution in [0.5, 0.6) is 23.1 Å². The van der Waals surface area contributed by atoms with Gasteiger partial charge in [0, 0.05) is 13.1 Å². The van der Waals surface area contributed by atoms with Crippen molar-refractivity contribution in [1.29, 1.82) is 0 Å². The second kappa shape index (κ2) is 4.88. The third-order valence-corrected chi connectivity index (χ3v) is 3.01. The van der Waals surface area contributed by atoms with Gasteiger partial charge in [0.25, 0.3) is 0 Å². The molecule has 0 spiro atoms. The predicted molar refractivity (Wildman–Crippen MR) is 73.7 cm³/mol. The molecule has 2 heterocycles. The Morgan fingerprint density at radius 1 is 1.15 bits per heavy atom. The van der Waals surface area contributed by atoms with Gasteiger partial charge in [0.2, 0.25) is 12.7 Å². The standard InChI is InChI=1S/C14H15N3O3/c1-8-13(15-3)16-9(2)17-14(8)20-10-4-5-11-12(6-10)19-7-18-11/h4-6H,7H2,1-3H3,(H,15,16,17). The first kappa shape index (κ1) is 12.5. The molecule has 0 saturated carbocycles. The Balaban J connectivity index is 1.93. The Labute approximate surface area is 116 Å². The van der Waals surface area contributed by atoms with Gasteiger partial charge in [0.1, 0.15) is 17.4 Å². The number of aromatic nitrogens is 2. The minimum Gasteiger partial charge on any atom is -0.454 e. The van der Waals surface area contributed by atoms with E-state index in [-0.39, 0.29) is 6.79 Å². The summed E-state index contributed by atoms with van der Waals surface area (Å²) in [5.41, 5.74) is 0.857. The molecule has 0 saturated heterocycles. The van der Waals surface area contributed by atoms with Crippen molar-refractivity contribution in [2.45, 2.75) is 13.8 Å². The van der Waals surface area contributed by atoms with E-state index in [0.29, 0.717) is 23.2 Å². The first-order valence-corrected chi connectivity index (χ1v) is 6.28. The highest BCUT2D eigenvalue weighted by Crippen LogP contribution is 2.37. The number of nitrogens with one attached hydrogen (secondary N) is 1. The van der Waals surface area contributed by atoms with Crippen molar-refractivity contribution in [2.75, 3.05) is 19.2 Å². The van der Waals surface area contributed by atoms with E-state index in [1.807, 2.05) is 33.0 Å². The van der Waals surface area contributed by atoms with Crippen LogP contribution in [0.25, 0.3) is 0 Å². The van der Waals surface area contributed by atoms with Crippen LogP contribution in [-0.2, 0) is 0 Å². The summed E-state index contributed by atoms with van der Waals surface area (Å²) in [7, 11) is 1.82. The van der Waals surface area contributed by atoms with Crippen LogP contribution in [0.2, 0.25) is 0 Å². The van der Waals surface area contributed by atoms with Gasteiger partial charge in [-0.2, -0.15) is 4.98 Å². The number of rotatable bonds is 3.